The van der Waals surface area contributed by atoms with Gasteiger partial charge in [0, 0.05) is 16.5 Å². The average molecular weight is 434 g/mol. The van der Waals surface area contributed by atoms with Gasteiger partial charge in [0.25, 0.3) is 5.91 Å². The number of halogens is 1. The number of nitrogens with one attached hydrogen (secondary N) is 1. The summed E-state index contributed by atoms with van der Waals surface area (Å²) in [6.45, 7) is 1.38. The summed E-state index contributed by atoms with van der Waals surface area (Å²) in [4.78, 5) is 35.2. The monoisotopic (exact) mass is 433 g/mol. The molecule has 0 aromatic heterocycles. The molecule has 0 aliphatic rings. The van der Waals surface area contributed by atoms with Crippen LogP contribution in [0.1, 0.15) is 30.1 Å². The van der Waals surface area contributed by atoms with E-state index in [2.05, 4.69) is 21.2 Å². The van der Waals surface area contributed by atoms with Crippen molar-refractivity contribution in [3.05, 3.63) is 58.6 Å². The predicted molar refractivity (Wildman–Crippen MR) is 105 cm³/mol. The first kappa shape index (κ1) is 20.6. The average Bonchev–Trinajstić information content (AvgIpc) is 2.64. The van der Waals surface area contributed by atoms with Crippen molar-refractivity contribution in [3.63, 3.8) is 0 Å². The molecule has 0 unspecified atom stereocenters. The van der Waals surface area contributed by atoms with Crippen LogP contribution in [0.2, 0.25) is 0 Å². The lowest BCUT2D eigenvalue weighted by Crippen LogP contribution is -2.22. The fourth-order valence-electron chi connectivity index (χ4n) is 2.27. The topological polar surface area (TPSA) is 81.7 Å². The van der Waals surface area contributed by atoms with E-state index in [1.54, 1.807) is 24.3 Å². The van der Waals surface area contributed by atoms with Crippen LogP contribution in [0.15, 0.2) is 53.0 Å². The Hall–Kier alpha value is -2.67. The molecule has 2 aromatic rings. The summed E-state index contributed by atoms with van der Waals surface area (Å²) in [5, 5.41) is 2.58. The van der Waals surface area contributed by atoms with Crippen LogP contribution in [0.3, 0.4) is 0 Å². The quantitative estimate of drug-likeness (QED) is 0.367. The molecular formula is C20H20BrNO5. The van der Waals surface area contributed by atoms with Crippen molar-refractivity contribution in [2.24, 2.45) is 0 Å². The molecule has 6 nitrogen and oxygen atoms in total. The molecular weight excluding hydrogens is 414 g/mol. The van der Waals surface area contributed by atoms with Gasteiger partial charge in [-0.25, -0.2) is 0 Å². The molecule has 7 heteroatoms. The number of carbonyl (C=O) groups is 3. The van der Waals surface area contributed by atoms with Crippen molar-refractivity contribution in [1.82, 2.24) is 0 Å². The normalized spacial score (nSPS) is 10.1. The first-order valence-electron chi connectivity index (χ1n) is 8.39. The van der Waals surface area contributed by atoms with E-state index in [9.17, 15) is 14.4 Å². The Morgan fingerprint density at radius 1 is 1.07 bits per heavy atom. The van der Waals surface area contributed by atoms with E-state index in [-0.39, 0.29) is 12.2 Å². The van der Waals surface area contributed by atoms with E-state index in [4.69, 9.17) is 9.47 Å². The largest absolute Gasteiger partial charge is 0.494 e. The Kier molecular flexibility index (Phi) is 8.00. The second-order valence-corrected chi connectivity index (χ2v) is 6.64. The van der Waals surface area contributed by atoms with E-state index < -0.39 is 18.5 Å². The molecule has 2 rings (SSSR count). The lowest BCUT2D eigenvalue weighted by Gasteiger charge is -2.10. The number of para-hydroxylation sites is 1. The van der Waals surface area contributed by atoms with E-state index >= 15 is 0 Å². The standard InChI is InChI=1S/C20H20BrNO5/c1-14(23)17-8-2-3-9-18(17)22-19(24)13-27-20(25)10-5-11-26-16-7-4-6-15(21)12-16/h2-4,6-9,12H,5,10-11,13H2,1H3,(H,22,24). The fraction of sp³-hybridized carbons (Fsp3) is 0.250. The minimum absolute atomic E-state index is 0.144. The number of hydrogen-bond acceptors (Lipinski definition) is 5. The molecule has 0 heterocycles. The van der Waals surface area contributed by atoms with Gasteiger partial charge >= 0.3 is 5.97 Å². The summed E-state index contributed by atoms with van der Waals surface area (Å²) in [6.07, 6.45) is 0.617. The van der Waals surface area contributed by atoms with Crippen LogP contribution in [-0.4, -0.2) is 30.9 Å². The third kappa shape index (κ3) is 7.22. The summed E-state index contributed by atoms with van der Waals surface area (Å²) < 4.78 is 11.4. The maximum Gasteiger partial charge on any atom is 0.306 e. The zero-order valence-corrected chi connectivity index (χ0v) is 16.5. The number of carbonyl (C=O) groups excluding carboxylic acids is 3. The van der Waals surface area contributed by atoms with E-state index in [0.29, 0.717) is 30.0 Å². The Morgan fingerprint density at radius 2 is 1.85 bits per heavy atom. The van der Waals surface area contributed by atoms with E-state index in [0.717, 1.165) is 4.47 Å². The fourth-order valence-corrected chi connectivity index (χ4v) is 2.65. The molecule has 0 fully saturated rings. The highest BCUT2D eigenvalue weighted by Crippen LogP contribution is 2.18. The van der Waals surface area contributed by atoms with Gasteiger partial charge in [-0.05, 0) is 43.7 Å². The van der Waals surface area contributed by atoms with Gasteiger partial charge in [-0.2, -0.15) is 0 Å². The second kappa shape index (κ2) is 10.5. The number of benzene rings is 2. The van der Waals surface area contributed by atoms with Crippen LogP contribution in [0.4, 0.5) is 5.69 Å². The Bertz CT molecular complexity index is 822. The second-order valence-electron chi connectivity index (χ2n) is 5.72. The number of rotatable bonds is 9. The van der Waals surface area contributed by atoms with Gasteiger partial charge in [0.15, 0.2) is 12.4 Å². The van der Waals surface area contributed by atoms with E-state index in [1.807, 2.05) is 24.3 Å². The number of ether oxygens (including phenoxy) is 2. The summed E-state index contributed by atoms with van der Waals surface area (Å²) >= 11 is 3.35. The first-order valence-corrected chi connectivity index (χ1v) is 9.19. The SMILES string of the molecule is CC(=O)c1ccccc1NC(=O)COC(=O)CCCOc1cccc(Br)c1. The van der Waals surface area contributed by atoms with Gasteiger partial charge in [-0.1, -0.05) is 34.1 Å². The Morgan fingerprint density at radius 3 is 2.59 bits per heavy atom. The number of ketones is 1. The number of esters is 1. The summed E-state index contributed by atoms with van der Waals surface area (Å²) in [5.41, 5.74) is 0.801. The van der Waals surface area contributed by atoms with Crippen LogP contribution in [0, 0.1) is 0 Å². The molecule has 1 N–H and O–H groups in total. The van der Waals surface area contributed by atoms with Gasteiger partial charge in [0.1, 0.15) is 5.75 Å². The summed E-state index contributed by atoms with van der Waals surface area (Å²) in [6, 6.07) is 14.1. The minimum Gasteiger partial charge on any atom is -0.494 e. The number of Topliss-reactive ketones (excluding diaryl/α,β-unsaturated/α-hetero) is 1. The highest BCUT2D eigenvalue weighted by Gasteiger charge is 2.11. The zero-order valence-electron chi connectivity index (χ0n) is 14.9. The molecule has 1 amide bonds. The Balaban J connectivity index is 1.68. The highest BCUT2D eigenvalue weighted by atomic mass is 79.9. The molecule has 2 aromatic carbocycles. The maximum atomic E-state index is 11.9. The molecule has 0 aliphatic carbocycles. The van der Waals surface area contributed by atoms with Crippen LogP contribution < -0.4 is 10.1 Å². The molecule has 0 atom stereocenters. The Labute approximate surface area is 166 Å². The number of hydrogen-bond donors (Lipinski definition) is 1. The minimum atomic E-state index is -0.498. The molecule has 0 bridgehead atoms. The summed E-state index contributed by atoms with van der Waals surface area (Å²) in [7, 11) is 0. The van der Waals surface area contributed by atoms with Crippen molar-refractivity contribution in [2.75, 3.05) is 18.5 Å². The van der Waals surface area contributed by atoms with Crippen LogP contribution >= 0.6 is 15.9 Å². The van der Waals surface area contributed by atoms with Crippen LogP contribution in [0.25, 0.3) is 0 Å². The number of anilines is 1. The maximum absolute atomic E-state index is 11.9. The smallest absolute Gasteiger partial charge is 0.306 e. The molecule has 0 spiro atoms. The van der Waals surface area contributed by atoms with Crippen molar-refractivity contribution >= 4 is 39.3 Å². The molecule has 0 aliphatic heterocycles. The highest BCUT2D eigenvalue weighted by molar-refractivity contribution is 9.10. The third-order valence-corrected chi connectivity index (χ3v) is 4.03. The third-order valence-electron chi connectivity index (χ3n) is 3.53. The van der Waals surface area contributed by atoms with Crippen LogP contribution in [0.5, 0.6) is 5.75 Å². The van der Waals surface area contributed by atoms with Gasteiger partial charge in [0.05, 0.1) is 12.3 Å². The predicted octanol–water partition coefficient (Wildman–Crippen LogP) is 3.99. The van der Waals surface area contributed by atoms with Gasteiger partial charge in [-0.15, -0.1) is 0 Å². The van der Waals surface area contributed by atoms with Crippen molar-refractivity contribution in [1.29, 1.82) is 0 Å². The molecule has 0 saturated heterocycles. The lowest BCUT2D eigenvalue weighted by molar-refractivity contribution is -0.147. The molecule has 0 saturated carbocycles. The van der Waals surface area contributed by atoms with Crippen LogP contribution in [-0.2, 0) is 14.3 Å². The van der Waals surface area contributed by atoms with Crippen molar-refractivity contribution < 1.29 is 23.9 Å². The zero-order chi connectivity index (χ0) is 19.6. The first-order chi connectivity index (χ1) is 13.0. The van der Waals surface area contributed by atoms with Crippen molar-refractivity contribution in [3.8, 4) is 5.75 Å². The number of amides is 1. The van der Waals surface area contributed by atoms with Gasteiger partial charge in [-0.3, -0.25) is 14.4 Å². The molecule has 142 valence electrons. The van der Waals surface area contributed by atoms with E-state index in [1.165, 1.54) is 6.92 Å². The lowest BCUT2D eigenvalue weighted by atomic mass is 10.1. The summed E-state index contributed by atoms with van der Waals surface area (Å²) in [5.74, 6) is -0.431. The van der Waals surface area contributed by atoms with Gasteiger partial charge < -0.3 is 14.8 Å². The molecule has 27 heavy (non-hydrogen) atoms. The molecule has 0 radical (unpaired) electrons. The van der Waals surface area contributed by atoms with Crippen molar-refractivity contribution in [2.45, 2.75) is 19.8 Å². The van der Waals surface area contributed by atoms with Gasteiger partial charge in [0.2, 0.25) is 0 Å².